The molecule has 0 saturated heterocycles. The van der Waals surface area contributed by atoms with Crippen LogP contribution in [0.5, 0.6) is 0 Å². The number of hydrogen-bond donors (Lipinski definition) is 2. The Kier molecular flexibility index (Phi) is 3.60. The highest BCUT2D eigenvalue weighted by atomic mass is 35.5. The van der Waals surface area contributed by atoms with Crippen molar-refractivity contribution in [3.05, 3.63) is 45.1 Å². The van der Waals surface area contributed by atoms with Gasteiger partial charge in [0.1, 0.15) is 0 Å². The standard InChI is InChI=1S/C13H15ClN2S/c1-8-3-4-10(15)7-11(8)16-9(2)12-5-6-13(14)17-12/h3-7,9,16H,15H2,1-2H3. The number of aryl methyl sites for hydroxylation is 1. The fourth-order valence-electron chi connectivity index (χ4n) is 1.66. The van der Waals surface area contributed by atoms with Gasteiger partial charge in [-0.3, -0.25) is 0 Å². The van der Waals surface area contributed by atoms with Crippen LogP contribution in [0.15, 0.2) is 30.3 Å². The predicted molar refractivity (Wildman–Crippen MR) is 77.0 cm³/mol. The number of hydrogen-bond acceptors (Lipinski definition) is 3. The van der Waals surface area contributed by atoms with Gasteiger partial charge in [0, 0.05) is 16.3 Å². The van der Waals surface area contributed by atoms with Gasteiger partial charge in [-0.1, -0.05) is 17.7 Å². The lowest BCUT2D eigenvalue weighted by Gasteiger charge is -2.16. The van der Waals surface area contributed by atoms with Crippen LogP contribution in [0.1, 0.15) is 23.4 Å². The Morgan fingerprint density at radius 2 is 2.06 bits per heavy atom. The zero-order valence-electron chi connectivity index (χ0n) is 9.83. The molecule has 90 valence electrons. The fraction of sp³-hybridized carbons (Fsp3) is 0.231. The Balaban J connectivity index is 2.18. The van der Waals surface area contributed by atoms with Crippen molar-refractivity contribution in [1.82, 2.24) is 0 Å². The third kappa shape index (κ3) is 2.93. The van der Waals surface area contributed by atoms with E-state index in [0.29, 0.717) is 0 Å². The Hall–Kier alpha value is -1.19. The van der Waals surface area contributed by atoms with Crippen LogP contribution in [0.3, 0.4) is 0 Å². The number of nitrogens with two attached hydrogens (primary N) is 1. The van der Waals surface area contributed by atoms with Crippen LogP contribution in [0.4, 0.5) is 11.4 Å². The van der Waals surface area contributed by atoms with Crippen molar-refractivity contribution in [2.24, 2.45) is 0 Å². The summed E-state index contributed by atoms with van der Waals surface area (Å²) in [7, 11) is 0. The van der Waals surface area contributed by atoms with Crippen LogP contribution in [-0.2, 0) is 0 Å². The van der Waals surface area contributed by atoms with Crippen molar-refractivity contribution in [2.75, 3.05) is 11.1 Å². The van der Waals surface area contributed by atoms with Crippen molar-refractivity contribution < 1.29 is 0 Å². The van der Waals surface area contributed by atoms with Gasteiger partial charge in [0.15, 0.2) is 0 Å². The van der Waals surface area contributed by atoms with Gasteiger partial charge in [-0.05, 0) is 43.7 Å². The summed E-state index contributed by atoms with van der Waals surface area (Å²) in [6.07, 6.45) is 0. The lowest BCUT2D eigenvalue weighted by molar-refractivity contribution is 0.906. The summed E-state index contributed by atoms with van der Waals surface area (Å²) in [5, 5.41) is 3.45. The van der Waals surface area contributed by atoms with Crippen molar-refractivity contribution in [3.63, 3.8) is 0 Å². The highest BCUT2D eigenvalue weighted by Gasteiger charge is 2.09. The van der Waals surface area contributed by atoms with E-state index in [2.05, 4.69) is 19.2 Å². The van der Waals surface area contributed by atoms with E-state index in [1.165, 1.54) is 10.4 Å². The Bertz CT molecular complexity index is 522. The smallest absolute Gasteiger partial charge is 0.0932 e. The first-order valence-electron chi connectivity index (χ1n) is 5.44. The summed E-state index contributed by atoms with van der Waals surface area (Å²) in [4.78, 5) is 1.22. The SMILES string of the molecule is Cc1ccc(N)cc1NC(C)c1ccc(Cl)s1. The molecule has 2 rings (SSSR count). The summed E-state index contributed by atoms with van der Waals surface area (Å²) in [6, 6.07) is 10.1. The van der Waals surface area contributed by atoms with Gasteiger partial charge in [-0.2, -0.15) is 0 Å². The van der Waals surface area contributed by atoms with Gasteiger partial charge >= 0.3 is 0 Å². The molecule has 0 fully saturated rings. The highest BCUT2D eigenvalue weighted by Crippen LogP contribution is 2.30. The molecule has 0 aliphatic rings. The van der Waals surface area contributed by atoms with Gasteiger partial charge < -0.3 is 11.1 Å². The molecule has 1 aromatic carbocycles. The van der Waals surface area contributed by atoms with E-state index < -0.39 is 0 Å². The Morgan fingerprint density at radius 3 is 2.71 bits per heavy atom. The largest absolute Gasteiger partial charge is 0.399 e. The molecule has 1 unspecified atom stereocenters. The first-order chi connectivity index (χ1) is 8.06. The average molecular weight is 267 g/mol. The molecule has 0 radical (unpaired) electrons. The third-order valence-corrected chi connectivity index (χ3v) is 4.07. The number of nitrogen functional groups attached to an aromatic ring is 1. The fourth-order valence-corrected chi connectivity index (χ4v) is 2.72. The van der Waals surface area contributed by atoms with Gasteiger partial charge in [0.2, 0.25) is 0 Å². The second-order valence-corrected chi connectivity index (χ2v) is 5.83. The molecular weight excluding hydrogens is 252 g/mol. The van der Waals surface area contributed by atoms with E-state index in [0.717, 1.165) is 15.7 Å². The Labute approximate surface area is 110 Å². The van der Waals surface area contributed by atoms with Gasteiger partial charge in [-0.15, -0.1) is 11.3 Å². The van der Waals surface area contributed by atoms with E-state index in [-0.39, 0.29) is 6.04 Å². The highest BCUT2D eigenvalue weighted by molar-refractivity contribution is 7.16. The van der Waals surface area contributed by atoms with Crippen LogP contribution in [0.2, 0.25) is 4.34 Å². The molecular formula is C13H15ClN2S. The number of thiophene rings is 1. The molecule has 17 heavy (non-hydrogen) atoms. The van der Waals surface area contributed by atoms with Crippen LogP contribution < -0.4 is 11.1 Å². The molecule has 0 amide bonds. The van der Waals surface area contributed by atoms with E-state index in [1.807, 2.05) is 30.3 Å². The first kappa shape index (κ1) is 12.3. The van der Waals surface area contributed by atoms with Crippen LogP contribution in [0.25, 0.3) is 0 Å². The average Bonchev–Trinajstić information content (AvgIpc) is 2.70. The molecule has 2 nitrogen and oxygen atoms in total. The minimum absolute atomic E-state index is 0.230. The van der Waals surface area contributed by atoms with Gasteiger partial charge in [-0.25, -0.2) is 0 Å². The molecule has 0 aliphatic carbocycles. The maximum Gasteiger partial charge on any atom is 0.0932 e. The molecule has 0 saturated carbocycles. The van der Waals surface area contributed by atoms with Crippen LogP contribution in [0, 0.1) is 6.92 Å². The predicted octanol–water partition coefficient (Wildman–Crippen LogP) is 4.47. The number of anilines is 2. The van der Waals surface area contributed by atoms with Crippen molar-refractivity contribution in [2.45, 2.75) is 19.9 Å². The quantitative estimate of drug-likeness (QED) is 0.805. The summed E-state index contributed by atoms with van der Waals surface area (Å²) in [5.74, 6) is 0. The van der Waals surface area contributed by atoms with Crippen molar-refractivity contribution in [3.8, 4) is 0 Å². The van der Waals surface area contributed by atoms with Gasteiger partial charge in [0.25, 0.3) is 0 Å². The number of rotatable bonds is 3. The topological polar surface area (TPSA) is 38.0 Å². The number of benzene rings is 1. The normalized spacial score (nSPS) is 12.4. The molecule has 4 heteroatoms. The Morgan fingerprint density at radius 1 is 1.29 bits per heavy atom. The van der Waals surface area contributed by atoms with Crippen LogP contribution >= 0.6 is 22.9 Å². The summed E-state index contributed by atoms with van der Waals surface area (Å²) in [6.45, 7) is 4.18. The van der Waals surface area contributed by atoms with Crippen LogP contribution in [-0.4, -0.2) is 0 Å². The molecule has 3 N–H and O–H groups in total. The molecule has 1 atom stereocenters. The monoisotopic (exact) mass is 266 g/mol. The first-order valence-corrected chi connectivity index (χ1v) is 6.63. The van der Waals surface area contributed by atoms with E-state index in [1.54, 1.807) is 11.3 Å². The second-order valence-electron chi connectivity index (χ2n) is 4.08. The summed E-state index contributed by atoms with van der Waals surface area (Å²) in [5.41, 5.74) is 8.82. The summed E-state index contributed by atoms with van der Waals surface area (Å²) >= 11 is 7.53. The lowest BCUT2D eigenvalue weighted by atomic mass is 10.1. The molecule has 1 heterocycles. The van der Waals surface area contributed by atoms with Gasteiger partial charge in [0.05, 0.1) is 10.4 Å². The third-order valence-electron chi connectivity index (χ3n) is 2.65. The minimum atomic E-state index is 0.230. The number of halogens is 1. The maximum atomic E-state index is 5.93. The zero-order valence-corrected chi connectivity index (χ0v) is 11.4. The molecule has 0 bridgehead atoms. The molecule has 0 spiro atoms. The van der Waals surface area contributed by atoms with Crippen molar-refractivity contribution in [1.29, 1.82) is 0 Å². The van der Waals surface area contributed by atoms with E-state index in [9.17, 15) is 0 Å². The van der Waals surface area contributed by atoms with E-state index in [4.69, 9.17) is 17.3 Å². The summed E-state index contributed by atoms with van der Waals surface area (Å²) < 4.78 is 0.818. The van der Waals surface area contributed by atoms with E-state index >= 15 is 0 Å². The van der Waals surface area contributed by atoms with Crippen molar-refractivity contribution >= 4 is 34.3 Å². The molecule has 2 aromatic rings. The molecule has 0 aliphatic heterocycles. The maximum absolute atomic E-state index is 5.93. The number of nitrogens with one attached hydrogen (secondary N) is 1. The molecule has 1 aromatic heterocycles. The lowest BCUT2D eigenvalue weighted by Crippen LogP contribution is -2.06. The minimum Gasteiger partial charge on any atom is -0.399 e. The zero-order chi connectivity index (χ0) is 12.4. The second kappa shape index (κ2) is 4.98.